The molecule has 102 valence electrons. The van der Waals surface area contributed by atoms with Gasteiger partial charge < -0.3 is 19.3 Å². The third-order valence-electron chi connectivity index (χ3n) is 2.75. The molecule has 0 saturated heterocycles. The Morgan fingerprint density at radius 1 is 1.25 bits per heavy atom. The second-order valence-electron chi connectivity index (χ2n) is 4.29. The Kier molecular flexibility index (Phi) is 3.12. The van der Waals surface area contributed by atoms with Gasteiger partial charge in [-0.05, 0) is 42.8 Å². The highest BCUT2D eigenvalue weighted by Crippen LogP contribution is 2.22. The molecule has 0 aliphatic carbocycles. The average molecular weight is 271 g/mol. The number of nitrogens with two attached hydrogens (primary N) is 1. The molecule has 2 heterocycles. The summed E-state index contributed by atoms with van der Waals surface area (Å²) in [6, 6.07) is 8.95. The van der Waals surface area contributed by atoms with Crippen molar-refractivity contribution in [2.75, 3.05) is 5.73 Å². The predicted octanol–water partition coefficient (Wildman–Crippen LogP) is 2.80. The molecule has 6 nitrogen and oxygen atoms in total. The van der Waals surface area contributed by atoms with Crippen molar-refractivity contribution in [1.29, 1.82) is 0 Å². The zero-order valence-corrected chi connectivity index (χ0v) is 10.9. The molecule has 0 atom stereocenters. The molecule has 0 aliphatic rings. The van der Waals surface area contributed by atoms with Crippen LogP contribution in [-0.2, 0) is 6.61 Å². The summed E-state index contributed by atoms with van der Waals surface area (Å²) < 4.78 is 16.3. The van der Waals surface area contributed by atoms with E-state index in [0.29, 0.717) is 23.2 Å². The van der Waals surface area contributed by atoms with Crippen molar-refractivity contribution < 1.29 is 13.6 Å². The smallest absolute Gasteiger partial charge is 0.283 e. The van der Waals surface area contributed by atoms with Crippen molar-refractivity contribution in [2.45, 2.75) is 13.5 Å². The van der Waals surface area contributed by atoms with E-state index in [1.807, 2.05) is 19.1 Å². The van der Waals surface area contributed by atoms with E-state index in [0.717, 1.165) is 11.3 Å². The van der Waals surface area contributed by atoms with Gasteiger partial charge in [-0.2, -0.15) is 0 Å². The molecule has 0 unspecified atom stereocenters. The summed E-state index contributed by atoms with van der Waals surface area (Å²) in [6.45, 7) is 2.12. The SMILES string of the molecule is Cc1cc(N)ccc1OCc1nnc(-c2ccco2)o1. The number of ether oxygens (including phenoxy) is 1. The highest BCUT2D eigenvalue weighted by Gasteiger charge is 2.11. The first-order valence-corrected chi connectivity index (χ1v) is 6.07. The van der Waals surface area contributed by atoms with Gasteiger partial charge in [0.1, 0.15) is 5.75 Å². The van der Waals surface area contributed by atoms with Gasteiger partial charge in [-0.3, -0.25) is 0 Å². The average Bonchev–Trinajstić information content (AvgIpc) is 3.08. The third-order valence-corrected chi connectivity index (χ3v) is 2.75. The van der Waals surface area contributed by atoms with E-state index in [9.17, 15) is 0 Å². The second kappa shape index (κ2) is 5.08. The lowest BCUT2D eigenvalue weighted by molar-refractivity contribution is 0.262. The zero-order valence-electron chi connectivity index (χ0n) is 10.9. The Morgan fingerprint density at radius 3 is 2.90 bits per heavy atom. The molecule has 0 radical (unpaired) electrons. The molecule has 0 amide bonds. The summed E-state index contributed by atoms with van der Waals surface area (Å²) in [4.78, 5) is 0. The van der Waals surface area contributed by atoms with Gasteiger partial charge in [0.05, 0.1) is 6.26 Å². The Balaban J connectivity index is 1.70. The molecule has 2 aromatic heterocycles. The Hall–Kier alpha value is -2.76. The minimum absolute atomic E-state index is 0.193. The van der Waals surface area contributed by atoms with Crippen molar-refractivity contribution in [3.63, 3.8) is 0 Å². The molecule has 0 aliphatic heterocycles. The van der Waals surface area contributed by atoms with Crippen LogP contribution in [0.25, 0.3) is 11.7 Å². The van der Waals surface area contributed by atoms with E-state index in [1.54, 1.807) is 24.5 Å². The number of hydrogen-bond donors (Lipinski definition) is 1. The Bertz CT molecular complexity index is 704. The number of anilines is 1. The van der Waals surface area contributed by atoms with E-state index < -0.39 is 0 Å². The minimum atomic E-state index is 0.193. The summed E-state index contributed by atoms with van der Waals surface area (Å²) in [6.07, 6.45) is 1.55. The standard InChI is InChI=1S/C14H13N3O3/c1-9-7-10(15)4-5-11(9)19-8-13-16-17-14(20-13)12-3-2-6-18-12/h2-7H,8,15H2,1H3. The molecular weight excluding hydrogens is 258 g/mol. The van der Waals surface area contributed by atoms with Crippen molar-refractivity contribution in [3.05, 3.63) is 48.0 Å². The molecule has 6 heteroatoms. The van der Waals surface area contributed by atoms with Crippen LogP contribution < -0.4 is 10.5 Å². The lowest BCUT2D eigenvalue weighted by atomic mass is 10.2. The molecule has 0 bridgehead atoms. The quantitative estimate of drug-likeness (QED) is 0.734. The molecule has 3 aromatic rings. The van der Waals surface area contributed by atoms with Crippen LogP contribution in [0.15, 0.2) is 45.4 Å². The number of nitrogen functional groups attached to an aromatic ring is 1. The van der Waals surface area contributed by atoms with Crippen LogP contribution >= 0.6 is 0 Å². The first-order chi connectivity index (χ1) is 9.72. The summed E-state index contributed by atoms with van der Waals surface area (Å²) in [5.74, 6) is 1.99. The van der Waals surface area contributed by atoms with Crippen LogP contribution in [-0.4, -0.2) is 10.2 Å². The second-order valence-corrected chi connectivity index (χ2v) is 4.29. The van der Waals surface area contributed by atoms with Crippen molar-refractivity contribution in [3.8, 4) is 17.4 Å². The molecule has 0 saturated carbocycles. The van der Waals surface area contributed by atoms with Crippen LogP contribution in [0.3, 0.4) is 0 Å². The number of furan rings is 1. The van der Waals surface area contributed by atoms with E-state index >= 15 is 0 Å². The number of aromatic nitrogens is 2. The van der Waals surface area contributed by atoms with Crippen LogP contribution in [0.4, 0.5) is 5.69 Å². The number of rotatable bonds is 4. The molecular formula is C14H13N3O3. The van der Waals surface area contributed by atoms with E-state index in [-0.39, 0.29) is 6.61 Å². The fraction of sp³-hybridized carbons (Fsp3) is 0.143. The number of nitrogens with zero attached hydrogens (tertiary/aromatic N) is 2. The Labute approximate surface area is 115 Å². The van der Waals surface area contributed by atoms with Gasteiger partial charge in [0.2, 0.25) is 0 Å². The summed E-state index contributed by atoms with van der Waals surface area (Å²) in [5, 5.41) is 7.81. The van der Waals surface area contributed by atoms with Crippen molar-refractivity contribution in [2.24, 2.45) is 0 Å². The van der Waals surface area contributed by atoms with Gasteiger partial charge in [-0.1, -0.05) is 0 Å². The topological polar surface area (TPSA) is 87.3 Å². The lowest BCUT2D eigenvalue weighted by Crippen LogP contribution is -1.98. The van der Waals surface area contributed by atoms with Gasteiger partial charge >= 0.3 is 0 Å². The maximum atomic E-state index is 5.69. The molecule has 3 rings (SSSR count). The molecule has 2 N–H and O–H groups in total. The van der Waals surface area contributed by atoms with Crippen molar-refractivity contribution in [1.82, 2.24) is 10.2 Å². The van der Waals surface area contributed by atoms with Crippen molar-refractivity contribution >= 4 is 5.69 Å². The Morgan fingerprint density at radius 2 is 2.15 bits per heavy atom. The zero-order chi connectivity index (χ0) is 13.9. The summed E-state index contributed by atoms with van der Waals surface area (Å²) >= 11 is 0. The number of hydrogen-bond acceptors (Lipinski definition) is 6. The lowest BCUT2D eigenvalue weighted by Gasteiger charge is -2.07. The maximum absolute atomic E-state index is 5.69. The first-order valence-electron chi connectivity index (χ1n) is 6.07. The summed E-state index contributed by atoms with van der Waals surface area (Å²) in [7, 11) is 0. The first kappa shape index (κ1) is 12.3. The highest BCUT2D eigenvalue weighted by atomic mass is 16.5. The molecule has 0 spiro atoms. The molecule has 1 aromatic carbocycles. The number of aryl methyl sites for hydroxylation is 1. The van der Waals surface area contributed by atoms with Crippen LogP contribution in [0.1, 0.15) is 11.5 Å². The van der Waals surface area contributed by atoms with Crippen LogP contribution in [0, 0.1) is 6.92 Å². The predicted molar refractivity (Wildman–Crippen MR) is 71.9 cm³/mol. The fourth-order valence-corrected chi connectivity index (χ4v) is 1.79. The maximum Gasteiger partial charge on any atom is 0.283 e. The van der Waals surface area contributed by atoms with Gasteiger partial charge in [-0.15, -0.1) is 10.2 Å². The molecule has 0 fully saturated rings. The summed E-state index contributed by atoms with van der Waals surface area (Å²) in [5.41, 5.74) is 7.34. The molecule has 20 heavy (non-hydrogen) atoms. The number of benzene rings is 1. The van der Waals surface area contributed by atoms with Crippen LogP contribution in [0.2, 0.25) is 0 Å². The van der Waals surface area contributed by atoms with E-state index in [4.69, 9.17) is 19.3 Å². The third kappa shape index (κ3) is 2.49. The van der Waals surface area contributed by atoms with Gasteiger partial charge in [-0.25, -0.2) is 0 Å². The van der Waals surface area contributed by atoms with Gasteiger partial charge in [0, 0.05) is 5.69 Å². The van der Waals surface area contributed by atoms with Crippen LogP contribution in [0.5, 0.6) is 5.75 Å². The van der Waals surface area contributed by atoms with E-state index in [2.05, 4.69) is 10.2 Å². The fourth-order valence-electron chi connectivity index (χ4n) is 1.79. The monoisotopic (exact) mass is 271 g/mol. The van der Waals surface area contributed by atoms with E-state index in [1.165, 1.54) is 0 Å². The normalized spacial score (nSPS) is 10.7. The largest absolute Gasteiger partial charge is 0.484 e. The highest BCUT2D eigenvalue weighted by molar-refractivity contribution is 5.47. The van der Waals surface area contributed by atoms with Gasteiger partial charge in [0.15, 0.2) is 12.4 Å². The van der Waals surface area contributed by atoms with Gasteiger partial charge in [0.25, 0.3) is 11.8 Å². The minimum Gasteiger partial charge on any atom is -0.484 e.